The van der Waals surface area contributed by atoms with Gasteiger partial charge in [-0.15, -0.1) is 0 Å². The number of fused-ring (bicyclic) bond motifs is 2. The van der Waals surface area contributed by atoms with Crippen molar-refractivity contribution in [2.24, 2.45) is 0 Å². The highest BCUT2D eigenvalue weighted by molar-refractivity contribution is 9.13. The molecule has 6 heteroatoms. The minimum absolute atomic E-state index is 0.0721. The van der Waals surface area contributed by atoms with Gasteiger partial charge in [0, 0.05) is 8.95 Å². The third-order valence-electron chi connectivity index (χ3n) is 2.56. The van der Waals surface area contributed by atoms with Crippen LogP contribution in [0, 0.1) is 0 Å². The van der Waals surface area contributed by atoms with Gasteiger partial charge in [0.15, 0.2) is 0 Å². The second-order valence-corrected chi connectivity index (χ2v) is 5.86. The number of hydrogen-bond acceptors (Lipinski definition) is 3. The van der Waals surface area contributed by atoms with Crippen LogP contribution in [0.15, 0.2) is 33.2 Å². The van der Waals surface area contributed by atoms with Crippen LogP contribution in [0.2, 0.25) is 5.02 Å². The van der Waals surface area contributed by atoms with Crippen LogP contribution in [-0.4, -0.2) is 15.1 Å². The molecule has 0 aliphatic carbocycles. The molecule has 2 aromatic carbocycles. The van der Waals surface area contributed by atoms with E-state index >= 15 is 0 Å². The fraction of sp³-hybridized carbons (Fsp3) is 0. The quantitative estimate of drug-likeness (QED) is 0.570. The Morgan fingerprint density at radius 3 is 2.11 bits per heavy atom. The number of benzene rings is 2. The summed E-state index contributed by atoms with van der Waals surface area (Å²) in [6, 6.07) is 6.81. The van der Waals surface area contributed by atoms with Gasteiger partial charge in [0.25, 0.3) is 0 Å². The van der Waals surface area contributed by atoms with E-state index in [2.05, 4.69) is 41.8 Å². The number of aromatic nitrogens is 2. The Hall–Kier alpha value is -0.910. The lowest BCUT2D eigenvalue weighted by atomic mass is 10.2. The van der Waals surface area contributed by atoms with Crippen LogP contribution in [0.1, 0.15) is 0 Å². The molecule has 3 rings (SSSR count). The molecule has 0 saturated heterocycles. The highest BCUT2D eigenvalue weighted by Crippen LogP contribution is 2.32. The van der Waals surface area contributed by atoms with Gasteiger partial charge in [0.05, 0.1) is 16.1 Å². The highest BCUT2D eigenvalue weighted by Gasteiger charge is 2.10. The van der Waals surface area contributed by atoms with Crippen molar-refractivity contribution in [2.45, 2.75) is 0 Å². The first-order valence-corrected chi connectivity index (χ1v) is 6.96. The number of hydrogen-bond donors (Lipinski definition) is 1. The second-order valence-electron chi connectivity index (χ2n) is 3.74. The highest BCUT2D eigenvalue weighted by atomic mass is 79.9. The molecular weight excluding hydrogens is 383 g/mol. The molecule has 0 spiro atoms. The van der Waals surface area contributed by atoms with E-state index < -0.39 is 0 Å². The van der Waals surface area contributed by atoms with Crippen molar-refractivity contribution in [1.82, 2.24) is 9.97 Å². The van der Waals surface area contributed by atoms with Crippen LogP contribution < -0.4 is 0 Å². The van der Waals surface area contributed by atoms with Gasteiger partial charge in [-0.3, -0.25) is 0 Å². The molecule has 0 amide bonds. The maximum atomic E-state index is 9.80. The number of nitrogens with zero attached hydrogens (tertiary/aromatic N) is 2. The third-order valence-corrected chi connectivity index (χ3v) is 4.71. The molecule has 0 radical (unpaired) electrons. The van der Waals surface area contributed by atoms with E-state index in [1.807, 2.05) is 12.1 Å². The predicted octanol–water partition coefficient (Wildman–Crippen LogP) is 4.67. The molecule has 3 nitrogen and oxygen atoms in total. The van der Waals surface area contributed by atoms with Gasteiger partial charge in [0.1, 0.15) is 16.8 Å². The second kappa shape index (κ2) is 4.33. The zero-order valence-electron chi connectivity index (χ0n) is 8.78. The lowest BCUT2D eigenvalue weighted by Gasteiger charge is -2.05. The molecular formula is C12H5Br2ClN2O. The van der Waals surface area contributed by atoms with Gasteiger partial charge in [-0.25, -0.2) is 9.97 Å². The van der Waals surface area contributed by atoms with Crippen LogP contribution in [-0.2, 0) is 0 Å². The summed E-state index contributed by atoms with van der Waals surface area (Å²) in [6.07, 6.45) is 0. The predicted molar refractivity (Wildman–Crippen MR) is 79.1 cm³/mol. The average Bonchev–Trinajstić information content (AvgIpc) is 2.34. The molecule has 0 aliphatic rings. The normalized spacial score (nSPS) is 11.3. The average molecular weight is 388 g/mol. The largest absolute Gasteiger partial charge is 0.506 e. The minimum Gasteiger partial charge on any atom is -0.506 e. The molecule has 3 aromatic rings. The SMILES string of the molecule is Oc1ccc(Cl)c2nc3cc(Br)c(Br)cc3nc12. The molecule has 0 fully saturated rings. The van der Waals surface area contributed by atoms with Crippen molar-refractivity contribution >= 4 is 65.5 Å². The van der Waals surface area contributed by atoms with Crippen molar-refractivity contribution in [3.8, 4) is 5.75 Å². The Kier molecular flexibility index (Phi) is 2.92. The van der Waals surface area contributed by atoms with E-state index in [0.717, 1.165) is 8.95 Å². The summed E-state index contributed by atoms with van der Waals surface area (Å²) in [6.45, 7) is 0. The van der Waals surface area contributed by atoms with Crippen LogP contribution in [0.25, 0.3) is 22.1 Å². The van der Waals surface area contributed by atoms with Crippen molar-refractivity contribution in [1.29, 1.82) is 0 Å². The van der Waals surface area contributed by atoms with Gasteiger partial charge in [-0.1, -0.05) is 11.6 Å². The van der Waals surface area contributed by atoms with E-state index in [9.17, 15) is 5.11 Å². The first-order chi connectivity index (χ1) is 8.56. The van der Waals surface area contributed by atoms with Crippen LogP contribution >= 0.6 is 43.5 Å². The van der Waals surface area contributed by atoms with Crippen molar-refractivity contribution in [2.75, 3.05) is 0 Å². The standard InChI is InChI=1S/C12H5Br2ClN2O/c13-5-3-8-9(4-6(5)14)17-12-10(18)2-1-7(15)11(12)16-8/h1-4,18H. The fourth-order valence-electron chi connectivity index (χ4n) is 1.71. The molecule has 1 N–H and O–H groups in total. The van der Waals surface area contributed by atoms with Gasteiger partial charge in [0.2, 0.25) is 0 Å². The molecule has 0 saturated carbocycles. The lowest BCUT2D eigenvalue weighted by Crippen LogP contribution is -1.89. The summed E-state index contributed by atoms with van der Waals surface area (Å²) < 4.78 is 1.77. The summed E-state index contributed by atoms with van der Waals surface area (Å²) in [5.41, 5.74) is 2.31. The third kappa shape index (κ3) is 1.86. The van der Waals surface area contributed by atoms with E-state index in [-0.39, 0.29) is 5.75 Å². The monoisotopic (exact) mass is 386 g/mol. The maximum Gasteiger partial charge on any atom is 0.143 e. The first kappa shape index (κ1) is 12.1. The Morgan fingerprint density at radius 2 is 1.50 bits per heavy atom. The number of phenols is 1. The Bertz CT molecular complexity index is 726. The van der Waals surface area contributed by atoms with Gasteiger partial charge in [-0.05, 0) is 56.1 Å². The van der Waals surface area contributed by atoms with E-state index in [1.54, 1.807) is 6.07 Å². The molecule has 90 valence electrons. The zero-order valence-corrected chi connectivity index (χ0v) is 12.7. The molecule has 1 heterocycles. The van der Waals surface area contributed by atoms with Gasteiger partial charge >= 0.3 is 0 Å². The zero-order chi connectivity index (χ0) is 12.9. The number of aromatic hydroxyl groups is 1. The topological polar surface area (TPSA) is 46.0 Å². The van der Waals surface area contributed by atoms with Crippen molar-refractivity contribution < 1.29 is 5.11 Å². The number of phenolic OH excluding ortho intramolecular Hbond substituents is 1. The van der Waals surface area contributed by atoms with Crippen LogP contribution in [0.4, 0.5) is 0 Å². The Balaban J connectivity index is 2.51. The first-order valence-electron chi connectivity index (χ1n) is 5.00. The molecule has 0 atom stereocenters. The Morgan fingerprint density at radius 1 is 0.944 bits per heavy atom. The maximum absolute atomic E-state index is 9.80. The van der Waals surface area contributed by atoms with Gasteiger partial charge < -0.3 is 5.11 Å². The summed E-state index contributed by atoms with van der Waals surface area (Å²) in [4.78, 5) is 8.83. The number of rotatable bonds is 0. The van der Waals surface area contributed by atoms with Gasteiger partial charge in [-0.2, -0.15) is 0 Å². The minimum atomic E-state index is 0.0721. The van der Waals surface area contributed by atoms with Crippen molar-refractivity contribution in [3.05, 3.63) is 38.2 Å². The molecule has 18 heavy (non-hydrogen) atoms. The van der Waals surface area contributed by atoms with Crippen molar-refractivity contribution in [3.63, 3.8) is 0 Å². The summed E-state index contributed by atoms with van der Waals surface area (Å²) in [5, 5.41) is 10.3. The van der Waals surface area contributed by atoms with E-state index in [1.165, 1.54) is 6.07 Å². The lowest BCUT2D eigenvalue weighted by molar-refractivity contribution is 0.480. The number of halogens is 3. The molecule has 0 bridgehead atoms. The molecule has 0 aliphatic heterocycles. The van der Waals surface area contributed by atoms with E-state index in [0.29, 0.717) is 27.1 Å². The van der Waals surface area contributed by atoms with E-state index in [4.69, 9.17) is 11.6 Å². The summed E-state index contributed by atoms with van der Waals surface area (Å²) >= 11 is 12.9. The Labute approximate surface area is 124 Å². The van der Waals surface area contributed by atoms with Crippen LogP contribution in [0.3, 0.4) is 0 Å². The summed E-state index contributed by atoms with van der Waals surface area (Å²) in [7, 11) is 0. The summed E-state index contributed by atoms with van der Waals surface area (Å²) in [5.74, 6) is 0.0721. The molecule has 0 unspecified atom stereocenters. The smallest absolute Gasteiger partial charge is 0.143 e. The van der Waals surface area contributed by atoms with Crippen LogP contribution in [0.5, 0.6) is 5.75 Å². The fourth-order valence-corrected chi connectivity index (χ4v) is 2.56. The molecule has 1 aromatic heterocycles.